The third-order valence-electron chi connectivity index (χ3n) is 2.14. The van der Waals surface area contributed by atoms with Crippen LogP contribution in [0.4, 0.5) is 0 Å². The highest BCUT2D eigenvalue weighted by Gasteiger charge is 2.23. The van der Waals surface area contributed by atoms with Gasteiger partial charge in [-0.15, -0.1) is 0 Å². The van der Waals surface area contributed by atoms with Gasteiger partial charge in [0.1, 0.15) is 5.69 Å². The van der Waals surface area contributed by atoms with Crippen molar-refractivity contribution < 1.29 is 4.52 Å². The molecule has 1 aromatic heterocycles. The van der Waals surface area contributed by atoms with E-state index in [4.69, 9.17) is 4.52 Å². The van der Waals surface area contributed by atoms with E-state index >= 15 is 0 Å². The zero-order chi connectivity index (χ0) is 8.55. The second kappa shape index (κ2) is 2.88. The molecule has 66 valence electrons. The van der Waals surface area contributed by atoms with Crippen LogP contribution in [0.25, 0.3) is 0 Å². The lowest BCUT2D eigenvalue weighted by Gasteiger charge is -2.04. The quantitative estimate of drug-likeness (QED) is 0.689. The third kappa shape index (κ3) is 1.13. The van der Waals surface area contributed by atoms with Crippen molar-refractivity contribution in [3.05, 3.63) is 17.0 Å². The molecule has 1 aromatic rings. The highest BCUT2D eigenvalue weighted by atomic mass is 16.5. The second-order valence-electron chi connectivity index (χ2n) is 3.23. The third-order valence-corrected chi connectivity index (χ3v) is 2.14. The van der Waals surface area contributed by atoms with Crippen molar-refractivity contribution >= 4 is 0 Å². The molecule has 0 saturated carbocycles. The minimum absolute atomic E-state index is 0.774. The number of rotatable bonds is 2. The second-order valence-corrected chi connectivity index (χ2v) is 3.23. The molecular weight excluding hydrogens is 154 g/mol. The molecule has 0 unspecified atom stereocenters. The molecule has 1 N–H and O–H groups in total. The molecule has 2 rings (SSSR count). The molecule has 1 aliphatic rings. The molecule has 4 nitrogen and oxygen atoms in total. The van der Waals surface area contributed by atoms with Gasteiger partial charge in [-0.1, -0.05) is 5.16 Å². The smallest absolute Gasteiger partial charge is 0.155 e. The monoisotopic (exact) mass is 167 g/mol. The standard InChI is InChI=1S/C8H13N3O/c1-9-3-8-6-4-11(2)5-7(6)10-12-8/h9H,3-5H2,1-2H3. The largest absolute Gasteiger partial charge is 0.359 e. The first-order valence-corrected chi connectivity index (χ1v) is 4.10. The molecule has 0 bridgehead atoms. The van der Waals surface area contributed by atoms with Gasteiger partial charge in [0, 0.05) is 18.7 Å². The summed E-state index contributed by atoms with van der Waals surface area (Å²) in [6.45, 7) is 2.66. The Labute approximate surface area is 71.5 Å². The lowest BCUT2D eigenvalue weighted by molar-refractivity contribution is 0.307. The van der Waals surface area contributed by atoms with Crippen molar-refractivity contribution in [1.82, 2.24) is 15.4 Å². The highest BCUT2D eigenvalue weighted by Crippen LogP contribution is 2.23. The summed E-state index contributed by atoms with van der Waals surface area (Å²) >= 11 is 0. The van der Waals surface area contributed by atoms with Gasteiger partial charge in [0.05, 0.1) is 6.54 Å². The number of nitrogens with zero attached hydrogens (tertiary/aromatic N) is 2. The lowest BCUT2D eigenvalue weighted by Crippen LogP contribution is -2.10. The molecule has 0 saturated heterocycles. The van der Waals surface area contributed by atoms with E-state index in [1.54, 1.807) is 0 Å². The molecule has 0 fully saturated rings. The molecule has 4 heteroatoms. The Kier molecular flexibility index (Phi) is 1.86. The van der Waals surface area contributed by atoms with Gasteiger partial charge < -0.3 is 9.84 Å². The zero-order valence-electron chi connectivity index (χ0n) is 7.42. The first kappa shape index (κ1) is 7.76. The predicted octanol–water partition coefficient (Wildman–Crippen LogP) is 0.339. The Bertz CT molecular complexity index is 282. The molecule has 0 amide bonds. The van der Waals surface area contributed by atoms with Crippen molar-refractivity contribution in [3.8, 4) is 0 Å². The Balaban J connectivity index is 2.24. The van der Waals surface area contributed by atoms with Crippen LogP contribution in [0.2, 0.25) is 0 Å². The molecule has 12 heavy (non-hydrogen) atoms. The summed E-state index contributed by atoms with van der Waals surface area (Å²) in [7, 11) is 4.00. The highest BCUT2D eigenvalue weighted by molar-refractivity contribution is 5.26. The topological polar surface area (TPSA) is 41.3 Å². The average Bonchev–Trinajstić information content (AvgIpc) is 2.52. The summed E-state index contributed by atoms with van der Waals surface area (Å²) in [6, 6.07) is 0. The summed E-state index contributed by atoms with van der Waals surface area (Å²) < 4.78 is 5.19. The first-order valence-electron chi connectivity index (χ1n) is 4.10. The SMILES string of the molecule is CNCc1onc2c1CN(C)C2. The normalized spacial score (nSPS) is 16.8. The van der Waals surface area contributed by atoms with Crippen molar-refractivity contribution in [2.24, 2.45) is 0 Å². The first-order chi connectivity index (χ1) is 5.81. The lowest BCUT2D eigenvalue weighted by atomic mass is 10.2. The van der Waals surface area contributed by atoms with Gasteiger partial charge >= 0.3 is 0 Å². The molecule has 0 spiro atoms. The maximum Gasteiger partial charge on any atom is 0.155 e. The molecule has 0 radical (unpaired) electrons. The van der Waals surface area contributed by atoms with Crippen LogP contribution < -0.4 is 5.32 Å². The van der Waals surface area contributed by atoms with Gasteiger partial charge in [-0.25, -0.2) is 0 Å². The van der Waals surface area contributed by atoms with Gasteiger partial charge in [-0.3, -0.25) is 4.90 Å². The Morgan fingerprint density at radius 3 is 3.17 bits per heavy atom. The van der Waals surface area contributed by atoms with E-state index in [9.17, 15) is 0 Å². The maximum absolute atomic E-state index is 5.19. The average molecular weight is 167 g/mol. The van der Waals surface area contributed by atoms with Crippen LogP contribution in [0.15, 0.2) is 4.52 Å². The summed E-state index contributed by atoms with van der Waals surface area (Å²) in [6.07, 6.45) is 0. The van der Waals surface area contributed by atoms with Gasteiger partial charge in [0.2, 0.25) is 0 Å². The molecule has 0 atom stereocenters. The van der Waals surface area contributed by atoms with Crippen LogP contribution in [0, 0.1) is 0 Å². The number of hydrogen-bond acceptors (Lipinski definition) is 4. The van der Waals surface area contributed by atoms with E-state index < -0.39 is 0 Å². The fourth-order valence-electron chi connectivity index (χ4n) is 1.57. The fourth-order valence-corrected chi connectivity index (χ4v) is 1.57. The minimum Gasteiger partial charge on any atom is -0.359 e. The van der Waals surface area contributed by atoms with Gasteiger partial charge in [0.25, 0.3) is 0 Å². The van der Waals surface area contributed by atoms with Crippen LogP contribution in [0.3, 0.4) is 0 Å². The fraction of sp³-hybridized carbons (Fsp3) is 0.625. The zero-order valence-corrected chi connectivity index (χ0v) is 7.42. The van der Waals surface area contributed by atoms with Gasteiger partial charge in [-0.05, 0) is 14.1 Å². The van der Waals surface area contributed by atoms with E-state index in [-0.39, 0.29) is 0 Å². The van der Waals surface area contributed by atoms with Crippen molar-refractivity contribution in [3.63, 3.8) is 0 Å². The summed E-state index contributed by atoms with van der Waals surface area (Å²) in [5, 5.41) is 7.07. The van der Waals surface area contributed by atoms with E-state index in [2.05, 4.69) is 22.4 Å². The number of aromatic nitrogens is 1. The number of hydrogen-bond donors (Lipinski definition) is 1. The van der Waals surface area contributed by atoms with E-state index in [0.717, 1.165) is 31.1 Å². The van der Waals surface area contributed by atoms with Crippen LogP contribution in [0.1, 0.15) is 17.0 Å². The Morgan fingerprint density at radius 2 is 2.42 bits per heavy atom. The van der Waals surface area contributed by atoms with Crippen molar-refractivity contribution in [2.75, 3.05) is 14.1 Å². The van der Waals surface area contributed by atoms with Crippen LogP contribution >= 0.6 is 0 Å². The number of fused-ring (bicyclic) bond motifs is 1. The van der Waals surface area contributed by atoms with Crippen molar-refractivity contribution in [1.29, 1.82) is 0 Å². The van der Waals surface area contributed by atoms with Crippen LogP contribution in [0.5, 0.6) is 0 Å². The molecule has 0 aromatic carbocycles. The minimum atomic E-state index is 0.774. The summed E-state index contributed by atoms with van der Waals surface area (Å²) in [5.74, 6) is 0.983. The number of nitrogens with one attached hydrogen (secondary N) is 1. The van der Waals surface area contributed by atoms with Crippen LogP contribution in [-0.4, -0.2) is 24.2 Å². The predicted molar refractivity (Wildman–Crippen MR) is 44.4 cm³/mol. The van der Waals surface area contributed by atoms with Gasteiger partial charge in [0.15, 0.2) is 5.76 Å². The van der Waals surface area contributed by atoms with Crippen molar-refractivity contribution in [2.45, 2.75) is 19.6 Å². The maximum atomic E-state index is 5.19. The Hall–Kier alpha value is -0.870. The molecule has 2 heterocycles. The molecule has 1 aliphatic heterocycles. The summed E-state index contributed by atoms with van der Waals surface area (Å²) in [5.41, 5.74) is 2.37. The summed E-state index contributed by atoms with van der Waals surface area (Å²) in [4.78, 5) is 2.23. The Morgan fingerprint density at radius 1 is 1.58 bits per heavy atom. The molecule has 0 aliphatic carbocycles. The van der Waals surface area contributed by atoms with Gasteiger partial charge in [-0.2, -0.15) is 0 Å². The van der Waals surface area contributed by atoms with E-state index in [1.165, 1.54) is 5.56 Å². The van der Waals surface area contributed by atoms with E-state index in [1.807, 2.05) is 7.05 Å². The van der Waals surface area contributed by atoms with Crippen LogP contribution in [-0.2, 0) is 19.6 Å². The molecular formula is C8H13N3O. The van der Waals surface area contributed by atoms with E-state index in [0.29, 0.717) is 0 Å².